The second kappa shape index (κ2) is 7.78. The van der Waals surface area contributed by atoms with Gasteiger partial charge in [0, 0.05) is 18.0 Å². The molecule has 3 aliphatic rings. The van der Waals surface area contributed by atoms with Crippen LogP contribution >= 0.6 is 11.8 Å². The van der Waals surface area contributed by atoms with E-state index in [2.05, 4.69) is 5.32 Å². The predicted molar refractivity (Wildman–Crippen MR) is 109 cm³/mol. The van der Waals surface area contributed by atoms with E-state index in [9.17, 15) is 14.4 Å². The zero-order valence-corrected chi connectivity index (χ0v) is 17.5. The summed E-state index contributed by atoms with van der Waals surface area (Å²) in [6.45, 7) is 0.636. The number of anilines is 1. The Balaban J connectivity index is 1.50. The third-order valence-corrected chi connectivity index (χ3v) is 6.70. The van der Waals surface area contributed by atoms with Crippen LogP contribution in [0.1, 0.15) is 32.1 Å². The molecule has 8 nitrogen and oxygen atoms in total. The maximum Gasteiger partial charge on any atom is 0.327 e. The van der Waals surface area contributed by atoms with Gasteiger partial charge in [0.05, 0.1) is 5.69 Å². The molecule has 2 heterocycles. The van der Waals surface area contributed by atoms with Gasteiger partial charge in [-0.3, -0.25) is 14.5 Å². The summed E-state index contributed by atoms with van der Waals surface area (Å²) in [5.74, 6) is 0.537. The molecule has 9 heteroatoms. The molecule has 1 saturated carbocycles. The Hall–Kier alpha value is -2.42. The number of likely N-dealkylation sites (N-methyl/N-ethyl adjacent to an activating group) is 1. The molecule has 1 N–H and O–H groups in total. The minimum atomic E-state index is -0.781. The highest BCUT2D eigenvalue weighted by Crippen LogP contribution is 2.40. The number of nitrogens with one attached hydrogen (secondary N) is 1. The summed E-state index contributed by atoms with van der Waals surface area (Å²) in [7, 11) is 1.66. The topological polar surface area (TPSA) is 88.2 Å². The quantitative estimate of drug-likeness (QED) is 0.596. The van der Waals surface area contributed by atoms with Gasteiger partial charge in [-0.05, 0) is 25.2 Å². The Kier molecular flexibility index (Phi) is 5.33. The summed E-state index contributed by atoms with van der Waals surface area (Å²) in [5, 5.41) is 2.83. The number of hydrogen-bond acceptors (Lipinski definition) is 6. The van der Waals surface area contributed by atoms with Gasteiger partial charge in [0.1, 0.15) is 25.3 Å². The van der Waals surface area contributed by atoms with E-state index >= 15 is 0 Å². The molecule has 4 amide bonds. The minimum Gasteiger partial charge on any atom is -0.486 e. The maximum atomic E-state index is 13.0. The normalized spacial score (nSPS) is 20.3. The standard InChI is InChI=1S/C20H25N3O5S/c1-22-19(26)23(18(25)20(22)6-4-3-5-7-20)12-17(24)21-13-10-14-15(11-16(13)29-2)28-9-8-27-14/h10-11H,3-9,12H2,1-2H3,(H,21,24). The largest absolute Gasteiger partial charge is 0.486 e. The van der Waals surface area contributed by atoms with Crippen molar-refractivity contribution in [2.45, 2.75) is 42.5 Å². The van der Waals surface area contributed by atoms with Gasteiger partial charge in [0.25, 0.3) is 5.91 Å². The zero-order chi connectivity index (χ0) is 20.6. The van der Waals surface area contributed by atoms with Crippen molar-refractivity contribution < 1.29 is 23.9 Å². The highest BCUT2D eigenvalue weighted by Gasteiger charge is 2.55. The first-order chi connectivity index (χ1) is 14.0. The molecule has 1 aliphatic carbocycles. The first kappa shape index (κ1) is 19.9. The SMILES string of the molecule is CSc1cc2c(cc1NC(=O)CN1C(=O)N(C)C3(CCCCC3)C1=O)OCCO2. The molecule has 156 valence electrons. The van der Waals surface area contributed by atoms with E-state index in [4.69, 9.17) is 9.47 Å². The fourth-order valence-electron chi connectivity index (χ4n) is 4.34. The number of urea groups is 1. The number of imide groups is 1. The summed E-state index contributed by atoms with van der Waals surface area (Å²) in [6.07, 6.45) is 6.11. The number of carbonyl (C=O) groups excluding carboxylic acids is 3. The van der Waals surface area contributed by atoms with Gasteiger partial charge in [-0.25, -0.2) is 4.79 Å². The number of carbonyl (C=O) groups is 3. The number of thioether (sulfide) groups is 1. The highest BCUT2D eigenvalue weighted by atomic mass is 32.2. The number of fused-ring (bicyclic) bond motifs is 1. The van der Waals surface area contributed by atoms with E-state index in [-0.39, 0.29) is 12.5 Å². The third kappa shape index (κ3) is 3.41. The van der Waals surface area contributed by atoms with E-state index in [1.807, 2.05) is 12.3 Å². The lowest BCUT2D eigenvalue weighted by Gasteiger charge is -2.35. The molecule has 0 atom stereocenters. The molecule has 0 aromatic heterocycles. The summed E-state index contributed by atoms with van der Waals surface area (Å²) >= 11 is 1.47. The number of rotatable bonds is 4. The first-order valence-electron chi connectivity index (χ1n) is 9.83. The lowest BCUT2D eigenvalue weighted by molar-refractivity contribution is -0.136. The monoisotopic (exact) mass is 419 g/mol. The number of ether oxygens (including phenoxy) is 2. The van der Waals surface area contributed by atoms with Gasteiger partial charge >= 0.3 is 6.03 Å². The molecule has 0 unspecified atom stereocenters. The van der Waals surface area contributed by atoms with Crippen molar-refractivity contribution in [3.05, 3.63) is 12.1 Å². The average Bonchev–Trinajstić information content (AvgIpc) is 2.90. The number of amides is 4. The molecule has 0 radical (unpaired) electrons. The molecule has 2 aliphatic heterocycles. The molecule has 1 spiro atoms. The van der Waals surface area contributed by atoms with Gasteiger partial charge in [-0.15, -0.1) is 11.8 Å². The van der Waals surface area contributed by atoms with Crippen LogP contribution in [0.15, 0.2) is 17.0 Å². The van der Waals surface area contributed by atoms with Gasteiger partial charge in [0.2, 0.25) is 5.91 Å². The second-order valence-electron chi connectivity index (χ2n) is 7.57. The Morgan fingerprint density at radius 2 is 1.79 bits per heavy atom. The Bertz CT molecular complexity index is 853. The van der Waals surface area contributed by atoms with Crippen molar-refractivity contribution in [2.24, 2.45) is 0 Å². The van der Waals surface area contributed by atoms with Gasteiger partial charge in [-0.2, -0.15) is 0 Å². The van der Waals surface area contributed by atoms with E-state index in [0.717, 1.165) is 29.1 Å². The van der Waals surface area contributed by atoms with Crippen molar-refractivity contribution in [1.29, 1.82) is 0 Å². The Morgan fingerprint density at radius 1 is 1.14 bits per heavy atom. The molecule has 0 bridgehead atoms. The summed E-state index contributed by atoms with van der Waals surface area (Å²) in [5.41, 5.74) is -0.205. The van der Waals surface area contributed by atoms with E-state index in [1.54, 1.807) is 13.1 Å². The second-order valence-corrected chi connectivity index (χ2v) is 8.42. The fourth-order valence-corrected chi connectivity index (χ4v) is 4.90. The maximum absolute atomic E-state index is 13.0. The third-order valence-electron chi connectivity index (χ3n) is 5.92. The lowest BCUT2D eigenvalue weighted by atomic mass is 9.81. The van der Waals surface area contributed by atoms with Crippen LogP contribution < -0.4 is 14.8 Å². The fraction of sp³-hybridized carbons (Fsp3) is 0.550. The molecular formula is C20H25N3O5S. The smallest absolute Gasteiger partial charge is 0.327 e. The molecular weight excluding hydrogens is 394 g/mol. The van der Waals surface area contributed by atoms with Crippen LogP contribution in [-0.4, -0.2) is 66.2 Å². The van der Waals surface area contributed by atoms with Crippen molar-refractivity contribution in [3.8, 4) is 11.5 Å². The first-order valence-corrected chi connectivity index (χ1v) is 11.1. The summed E-state index contributed by atoms with van der Waals surface area (Å²) < 4.78 is 11.2. The van der Waals surface area contributed by atoms with Crippen LogP contribution in [0.3, 0.4) is 0 Å². The van der Waals surface area contributed by atoms with E-state index < -0.39 is 17.5 Å². The summed E-state index contributed by atoms with van der Waals surface area (Å²) in [6, 6.07) is 3.14. The Morgan fingerprint density at radius 3 is 2.45 bits per heavy atom. The van der Waals surface area contributed by atoms with Crippen molar-refractivity contribution in [2.75, 3.05) is 38.4 Å². The minimum absolute atomic E-state index is 0.257. The molecule has 1 saturated heterocycles. The van der Waals surface area contributed by atoms with Gasteiger partial charge in [-0.1, -0.05) is 19.3 Å². The van der Waals surface area contributed by atoms with Crippen LogP contribution in [0.2, 0.25) is 0 Å². The van der Waals surface area contributed by atoms with Crippen LogP contribution in [0.5, 0.6) is 11.5 Å². The molecule has 1 aromatic rings. The van der Waals surface area contributed by atoms with Crippen LogP contribution in [-0.2, 0) is 9.59 Å². The van der Waals surface area contributed by atoms with Crippen molar-refractivity contribution >= 4 is 35.3 Å². The average molecular weight is 420 g/mol. The van der Waals surface area contributed by atoms with E-state index in [1.165, 1.54) is 16.7 Å². The molecule has 29 heavy (non-hydrogen) atoms. The van der Waals surface area contributed by atoms with Gasteiger partial charge in [0.15, 0.2) is 11.5 Å². The Labute approximate surface area is 173 Å². The predicted octanol–water partition coefficient (Wildman–Crippen LogP) is 2.72. The van der Waals surface area contributed by atoms with Crippen molar-refractivity contribution in [1.82, 2.24) is 9.80 Å². The van der Waals surface area contributed by atoms with Crippen LogP contribution in [0.4, 0.5) is 10.5 Å². The lowest BCUT2D eigenvalue weighted by Crippen LogP contribution is -2.49. The molecule has 4 rings (SSSR count). The van der Waals surface area contributed by atoms with E-state index in [0.29, 0.717) is 43.2 Å². The van der Waals surface area contributed by atoms with Crippen LogP contribution in [0.25, 0.3) is 0 Å². The van der Waals surface area contributed by atoms with Gasteiger partial charge < -0.3 is 19.7 Å². The highest BCUT2D eigenvalue weighted by molar-refractivity contribution is 7.98. The number of nitrogens with zero attached hydrogens (tertiary/aromatic N) is 2. The molecule has 2 fully saturated rings. The number of benzene rings is 1. The molecule has 1 aromatic carbocycles. The van der Waals surface area contributed by atoms with Crippen LogP contribution in [0, 0.1) is 0 Å². The zero-order valence-electron chi connectivity index (χ0n) is 16.7. The van der Waals surface area contributed by atoms with Crippen molar-refractivity contribution in [3.63, 3.8) is 0 Å². The number of hydrogen-bond donors (Lipinski definition) is 1. The summed E-state index contributed by atoms with van der Waals surface area (Å²) in [4.78, 5) is 41.9.